The lowest BCUT2D eigenvalue weighted by molar-refractivity contribution is 0.417. The number of rotatable bonds is 5. The van der Waals surface area contributed by atoms with E-state index in [9.17, 15) is 0 Å². The fourth-order valence-electron chi connectivity index (χ4n) is 0.888. The van der Waals surface area contributed by atoms with E-state index >= 15 is 0 Å². The van der Waals surface area contributed by atoms with Crippen molar-refractivity contribution in [2.45, 2.75) is 25.4 Å². The summed E-state index contributed by atoms with van der Waals surface area (Å²) < 4.78 is 5.29. The van der Waals surface area contributed by atoms with Crippen LogP contribution in [0.1, 0.15) is 13.3 Å². The Morgan fingerprint density at radius 1 is 1.44 bits per heavy atom. The summed E-state index contributed by atoms with van der Waals surface area (Å²) in [5.74, 6) is 0. The third kappa shape index (κ3) is 4.63. The number of hydrogen-bond donors (Lipinski definition) is 1. The minimum absolute atomic E-state index is 0.796. The van der Waals surface area contributed by atoms with Crippen LogP contribution in [-0.2, 0) is 4.43 Å². The second kappa shape index (κ2) is 6.26. The van der Waals surface area contributed by atoms with E-state index < -0.39 is 9.04 Å². The fraction of sp³-hybridized carbons (Fsp3) is 1.00. The van der Waals surface area contributed by atoms with Crippen LogP contribution in [-0.4, -0.2) is 22.7 Å². The van der Waals surface area contributed by atoms with E-state index in [1.54, 1.807) is 0 Å². The lowest BCUT2D eigenvalue weighted by Crippen LogP contribution is -2.19. The van der Waals surface area contributed by atoms with E-state index in [2.05, 4.69) is 6.92 Å². The van der Waals surface area contributed by atoms with Crippen molar-refractivity contribution in [3.05, 3.63) is 0 Å². The molecule has 56 valence electrons. The van der Waals surface area contributed by atoms with Crippen molar-refractivity contribution in [2.75, 3.05) is 13.7 Å². The topological polar surface area (TPSA) is 35.2 Å². The first-order valence-electron chi connectivity index (χ1n) is 3.58. The molecule has 0 bridgehead atoms. The van der Waals surface area contributed by atoms with Crippen molar-refractivity contribution in [3.63, 3.8) is 0 Å². The molecule has 1 atom stereocenters. The van der Waals surface area contributed by atoms with E-state index in [0.29, 0.717) is 0 Å². The smallest absolute Gasteiger partial charge is 0.177 e. The summed E-state index contributed by atoms with van der Waals surface area (Å²) in [4.78, 5) is 0. The van der Waals surface area contributed by atoms with Gasteiger partial charge in [0, 0.05) is 7.11 Å². The first-order chi connectivity index (χ1) is 4.35. The van der Waals surface area contributed by atoms with Crippen molar-refractivity contribution in [3.8, 4) is 0 Å². The third-order valence-electron chi connectivity index (χ3n) is 1.43. The highest BCUT2D eigenvalue weighted by molar-refractivity contribution is 6.51. The van der Waals surface area contributed by atoms with Gasteiger partial charge in [0.15, 0.2) is 9.04 Å². The lowest BCUT2D eigenvalue weighted by Gasteiger charge is -2.09. The molecule has 0 saturated heterocycles. The summed E-state index contributed by atoms with van der Waals surface area (Å²) in [5.41, 5.74) is 5.39. The molecule has 0 saturated carbocycles. The molecule has 2 nitrogen and oxygen atoms in total. The van der Waals surface area contributed by atoms with Gasteiger partial charge in [0.05, 0.1) is 0 Å². The zero-order chi connectivity index (χ0) is 7.11. The van der Waals surface area contributed by atoms with Gasteiger partial charge in [-0.2, -0.15) is 0 Å². The molecule has 1 unspecified atom stereocenters. The minimum Gasteiger partial charge on any atom is -0.423 e. The quantitative estimate of drug-likeness (QED) is 0.582. The summed E-state index contributed by atoms with van der Waals surface area (Å²) in [7, 11) is 0.970. The molecular formula is C6H17NOSi. The SMILES string of the molecule is CCC[SiH](CCN)OC. The van der Waals surface area contributed by atoms with Gasteiger partial charge in [-0.1, -0.05) is 13.3 Å². The summed E-state index contributed by atoms with van der Waals surface area (Å²) >= 11 is 0. The second-order valence-corrected chi connectivity index (χ2v) is 5.09. The standard InChI is InChI=1S/C6H17NOSi/c1-3-5-9(8-2)6-4-7/h9H,3-7H2,1-2H3. The zero-order valence-electron chi connectivity index (χ0n) is 6.39. The number of hydrogen-bond acceptors (Lipinski definition) is 2. The van der Waals surface area contributed by atoms with Crippen LogP contribution >= 0.6 is 0 Å². The molecular weight excluding hydrogens is 130 g/mol. The summed E-state index contributed by atoms with van der Waals surface area (Å²) in [6.45, 7) is 2.99. The van der Waals surface area contributed by atoms with Crippen LogP contribution in [0.15, 0.2) is 0 Å². The predicted molar refractivity (Wildman–Crippen MR) is 43.1 cm³/mol. The maximum absolute atomic E-state index is 5.39. The maximum atomic E-state index is 5.39. The van der Waals surface area contributed by atoms with Crippen molar-refractivity contribution in [2.24, 2.45) is 5.73 Å². The van der Waals surface area contributed by atoms with Crippen molar-refractivity contribution in [1.82, 2.24) is 0 Å². The Balaban J connectivity index is 3.18. The molecule has 3 heteroatoms. The molecule has 0 aliphatic heterocycles. The van der Waals surface area contributed by atoms with Crippen LogP contribution in [0.5, 0.6) is 0 Å². The Morgan fingerprint density at radius 2 is 2.11 bits per heavy atom. The maximum Gasteiger partial charge on any atom is 0.177 e. The van der Waals surface area contributed by atoms with Gasteiger partial charge in [-0.25, -0.2) is 0 Å². The summed E-state index contributed by atoms with van der Waals surface area (Å²) in [6.07, 6.45) is 1.24. The minimum atomic E-state index is -0.838. The molecule has 0 aromatic heterocycles. The van der Waals surface area contributed by atoms with Crippen LogP contribution in [0.2, 0.25) is 12.1 Å². The average Bonchev–Trinajstić information content (AvgIpc) is 1.88. The Bertz CT molecular complexity index is 55.0. The van der Waals surface area contributed by atoms with E-state index in [1.807, 2.05) is 7.11 Å². The molecule has 2 N–H and O–H groups in total. The zero-order valence-corrected chi connectivity index (χ0v) is 7.55. The molecule has 0 heterocycles. The van der Waals surface area contributed by atoms with E-state index in [0.717, 1.165) is 12.6 Å². The molecule has 0 aliphatic rings. The van der Waals surface area contributed by atoms with Crippen molar-refractivity contribution in [1.29, 1.82) is 0 Å². The van der Waals surface area contributed by atoms with Crippen molar-refractivity contribution >= 4 is 9.04 Å². The Hall–Kier alpha value is 0.137. The number of nitrogens with two attached hydrogens (primary N) is 1. The Morgan fingerprint density at radius 3 is 2.44 bits per heavy atom. The van der Waals surface area contributed by atoms with Gasteiger partial charge in [0.2, 0.25) is 0 Å². The van der Waals surface area contributed by atoms with Gasteiger partial charge in [-0.15, -0.1) is 0 Å². The van der Waals surface area contributed by atoms with Crippen LogP contribution in [0.3, 0.4) is 0 Å². The van der Waals surface area contributed by atoms with Crippen LogP contribution < -0.4 is 5.73 Å². The van der Waals surface area contributed by atoms with Gasteiger partial charge in [-0.3, -0.25) is 0 Å². The molecule has 0 aromatic carbocycles. The predicted octanol–water partition coefficient (Wildman–Crippen LogP) is 0.725. The van der Waals surface area contributed by atoms with Crippen LogP contribution in [0.25, 0.3) is 0 Å². The van der Waals surface area contributed by atoms with Crippen LogP contribution in [0, 0.1) is 0 Å². The molecule has 0 aromatic rings. The molecule has 0 spiro atoms. The molecule has 0 radical (unpaired) electrons. The van der Waals surface area contributed by atoms with Gasteiger partial charge in [0.25, 0.3) is 0 Å². The van der Waals surface area contributed by atoms with Crippen LogP contribution in [0.4, 0.5) is 0 Å². The highest BCUT2D eigenvalue weighted by Crippen LogP contribution is 2.01. The van der Waals surface area contributed by atoms with E-state index in [1.165, 1.54) is 12.5 Å². The normalized spacial score (nSPS) is 13.7. The first-order valence-corrected chi connectivity index (χ1v) is 5.68. The van der Waals surface area contributed by atoms with E-state index in [4.69, 9.17) is 10.2 Å². The van der Waals surface area contributed by atoms with Gasteiger partial charge < -0.3 is 10.2 Å². The largest absolute Gasteiger partial charge is 0.423 e. The Labute approximate surface area is 59.1 Å². The summed E-state index contributed by atoms with van der Waals surface area (Å²) in [6, 6.07) is 2.40. The van der Waals surface area contributed by atoms with Crippen molar-refractivity contribution < 1.29 is 4.43 Å². The monoisotopic (exact) mass is 147 g/mol. The third-order valence-corrected chi connectivity index (χ3v) is 4.30. The summed E-state index contributed by atoms with van der Waals surface area (Å²) in [5, 5.41) is 0. The van der Waals surface area contributed by atoms with Gasteiger partial charge in [0.1, 0.15) is 0 Å². The molecule has 0 rings (SSSR count). The fourth-order valence-corrected chi connectivity index (χ4v) is 2.66. The van der Waals surface area contributed by atoms with E-state index in [-0.39, 0.29) is 0 Å². The lowest BCUT2D eigenvalue weighted by atomic mass is 10.6. The highest BCUT2D eigenvalue weighted by atomic mass is 28.3. The highest BCUT2D eigenvalue weighted by Gasteiger charge is 2.05. The van der Waals surface area contributed by atoms with Gasteiger partial charge in [-0.05, 0) is 18.6 Å². The van der Waals surface area contributed by atoms with Gasteiger partial charge >= 0.3 is 0 Å². The molecule has 0 aliphatic carbocycles. The first kappa shape index (κ1) is 9.14. The second-order valence-electron chi connectivity index (χ2n) is 2.22. The molecule has 0 amide bonds. The Kier molecular flexibility index (Phi) is 6.35. The average molecular weight is 147 g/mol. The molecule has 9 heavy (non-hydrogen) atoms. The molecule has 0 fully saturated rings.